The fourth-order valence-electron chi connectivity index (χ4n) is 3.90. The van der Waals surface area contributed by atoms with Crippen molar-refractivity contribution in [3.63, 3.8) is 0 Å². The summed E-state index contributed by atoms with van der Waals surface area (Å²) in [4.78, 5) is 24.0. The molecule has 0 saturated carbocycles. The highest BCUT2D eigenvalue weighted by Crippen LogP contribution is 2.25. The first-order valence-electron chi connectivity index (χ1n) is 9.34. The molecule has 2 saturated heterocycles. The standard InChI is InChI=1S/C19H30N4O2/c1-13-10-14(2)21-18(20-13)23-8-5-6-15(12-23)17(24)22-16-7-9-25-19(3,4)11-16/h10,15-16H,5-9,11-12H2,1-4H3,(H,22,24)/t15-,16-/m1/s1. The zero-order chi connectivity index (χ0) is 18.0. The highest BCUT2D eigenvalue weighted by Gasteiger charge is 2.33. The van der Waals surface area contributed by atoms with Gasteiger partial charge < -0.3 is 15.0 Å². The SMILES string of the molecule is Cc1cc(C)nc(N2CCC[C@@H](C(=O)N[C@@H]3CCOC(C)(C)C3)C2)n1. The van der Waals surface area contributed by atoms with Crippen LogP contribution in [0.1, 0.15) is 50.9 Å². The number of rotatable bonds is 3. The molecule has 6 heteroatoms. The zero-order valence-corrected chi connectivity index (χ0v) is 15.8. The van der Waals surface area contributed by atoms with Crippen LogP contribution in [0, 0.1) is 19.8 Å². The van der Waals surface area contributed by atoms with Crippen LogP contribution >= 0.6 is 0 Å². The predicted octanol–water partition coefficient (Wildman–Crippen LogP) is 2.38. The molecule has 2 atom stereocenters. The Morgan fingerprint density at radius 3 is 2.68 bits per heavy atom. The summed E-state index contributed by atoms with van der Waals surface area (Å²) in [5.41, 5.74) is 1.79. The summed E-state index contributed by atoms with van der Waals surface area (Å²) in [6.45, 7) is 10.5. The third-order valence-corrected chi connectivity index (χ3v) is 5.09. The van der Waals surface area contributed by atoms with Crippen LogP contribution in [0.3, 0.4) is 0 Å². The summed E-state index contributed by atoms with van der Waals surface area (Å²) in [5.74, 6) is 0.920. The molecule has 0 spiro atoms. The maximum atomic E-state index is 12.8. The molecule has 2 fully saturated rings. The molecule has 3 rings (SSSR count). The van der Waals surface area contributed by atoms with Gasteiger partial charge in [-0.3, -0.25) is 4.79 Å². The topological polar surface area (TPSA) is 67.4 Å². The molecular weight excluding hydrogens is 316 g/mol. The number of carbonyl (C=O) groups is 1. The van der Waals surface area contributed by atoms with E-state index in [0.717, 1.165) is 49.6 Å². The van der Waals surface area contributed by atoms with Gasteiger partial charge in [-0.05, 0) is 59.4 Å². The van der Waals surface area contributed by atoms with Gasteiger partial charge in [0.25, 0.3) is 0 Å². The van der Waals surface area contributed by atoms with Crippen molar-refractivity contribution in [2.24, 2.45) is 5.92 Å². The normalized spacial score (nSPS) is 26.3. The smallest absolute Gasteiger partial charge is 0.225 e. The van der Waals surface area contributed by atoms with Crippen LogP contribution in [0.25, 0.3) is 0 Å². The van der Waals surface area contributed by atoms with Crippen molar-refractivity contribution in [1.29, 1.82) is 0 Å². The largest absolute Gasteiger partial charge is 0.375 e. The van der Waals surface area contributed by atoms with Crippen molar-refractivity contribution in [2.75, 3.05) is 24.6 Å². The van der Waals surface area contributed by atoms with E-state index in [2.05, 4.69) is 34.0 Å². The third kappa shape index (κ3) is 4.69. The second kappa shape index (κ2) is 7.28. The van der Waals surface area contributed by atoms with Gasteiger partial charge in [-0.25, -0.2) is 9.97 Å². The van der Waals surface area contributed by atoms with Crippen LogP contribution in [0.2, 0.25) is 0 Å². The first kappa shape index (κ1) is 18.1. The molecule has 0 radical (unpaired) electrons. The van der Waals surface area contributed by atoms with E-state index in [-0.39, 0.29) is 23.5 Å². The van der Waals surface area contributed by atoms with Gasteiger partial charge in [0.15, 0.2) is 0 Å². The number of ether oxygens (including phenoxy) is 1. The fourth-order valence-corrected chi connectivity index (χ4v) is 3.90. The molecular formula is C19H30N4O2. The molecule has 0 bridgehead atoms. The number of hydrogen-bond donors (Lipinski definition) is 1. The highest BCUT2D eigenvalue weighted by atomic mass is 16.5. The summed E-state index contributed by atoms with van der Waals surface area (Å²) in [7, 11) is 0. The van der Waals surface area contributed by atoms with E-state index in [9.17, 15) is 4.79 Å². The lowest BCUT2D eigenvalue weighted by molar-refractivity contribution is -0.128. The van der Waals surface area contributed by atoms with E-state index in [0.29, 0.717) is 13.2 Å². The lowest BCUT2D eigenvalue weighted by atomic mass is 9.92. The minimum atomic E-state index is -0.151. The van der Waals surface area contributed by atoms with Crippen LogP contribution in [0.5, 0.6) is 0 Å². The molecule has 3 heterocycles. The summed E-state index contributed by atoms with van der Waals surface area (Å²) in [5, 5.41) is 3.25. The first-order valence-corrected chi connectivity index (χ1v) is 9.34. The van der Waals surface area contributed by atoms with E-state index in [4.69, 9.17) is 4.74 Å². The van der Waals surface area contributed by atoms with E-state index < -0.39 is 0 Å². The molecule has 2 aliphatic heterocycles. The van der Waals surface area contributed by atoms with Gasteiger partial charge in [0, 0.05) is 37.1 Å². The van der Waals surface area contributed by atoms with Crippen LogP contribution < -0.4 is 10.2 Å². The highest BCUT2D eigenvalue weighted by molar-refractivity contribution is 5.79. The van der Waals surface area contributed by atoms with E-state index in [1.54, 1.807) is 0 Å². The molecule has 6 nitrogen and oxygen atoms in total. The number of aryl methyl sites for hydroxylation is 2. The minimum Gasteiger partial charge on any atom is -0.375 e. The first-order chi connectivity index (χ1) is 11.8. The maximum Gasteiger partial charge on any atom is 0.225 e. The molecule has 1 aromatic rings. The second-order valence-electron chi connectivity index (χ2n) is 8.04. The average molecular weight is 346 g/mol. The van der Waals surface area contributed by atoms with Crippen LogP contribution in [0.15, 0.2) is 6.07 Å². The summed E-state index contributed by atoms with van der Waals surface area (Å²) in [6, 6.07) is 2.19. The van der Waals surface area contributed by atoms with Gasteiger partial charge in [0.1, 0.15) is 0 Å². The third-order valence-electron chi connectivity index (χ3n) is 5.09. The van der Waals surface area contributed by atoms with Crippen molar-refractivity contribution in [2.45, 2.75) is 65.0 Å². The molecule has 0 unspecified atom stereocenters. The van der Waals surface area contributed by atoms with Crippen LogP contribution in [-0.4, -0.2) is 47.2 Å². The van der Waals surface area contributed by atoms with E-state index in [1.807, 2.05) is 19.9 Å². The molecule has 1 N–H and O–H groups in total. The van der Waals surface area contributed by atoms with Gasteiger partial charge in [0.2, 0.25) is 11.9 Å². The van der Waals surface area contributed by atoms with Crippen molar-refractivity contribution in [3.8, 4) is 0 Å². The number of anilines is 1. The molecule has 0 aromatic carbocycles. The van der Waals surface area contributed by atoms with E-state index in [1.165, 1.54) is 0 Å². The van der Waals surface area contributed by atoms with Crippen LogP contribution in [-0.2, 0) is 9.53 Å². The van der Waals surface area contributed by atoms with Gasteiger partial charge in [0.05, 0.1) is 11.5 Å². The number of piperidine rings is 1. The molecule has 0 aliphatic carbocycles. The Labute approximate surface area is 150 Å². The molecule has 2 aliphatic rings. The second-order valence-corrected chi connectivity index (χ2v) is 8.04. The monoisotopic (exact) mass is 346 g/mol. The molecule has 1 amide bonds. The zero-order valence-electron chi connectivity index (χ0n) is 15.8. The number of hydrogen-bond acceptors (Lipinski definition) is 5. The Morgan fingerprint density at radius 2 is 2.00 bits per heavy atom. The molecule has 1 aromatic heterocycles. The summed E-state index contributed by atoms with van der Waals surface area (Å²) < 4.78 is 5.74. The number of aromatic nitrogens is 2. The number of nitrogens with zero attached hydrogens (tertiary/aromatic N) is 3. The Bertz CT molecular complexity index is 612. The Kier molecular flexibility index (Phi) is 5.27. The van der Waals surface area contributed by atoms with Crippen LogP contribution in [0.4, 0.5) is 5.95 Å². The van der Waals surface area contributed by atoms with Gasteiger partial charge >= 0.3 is 0 Å². The van der Waals surface area contributed by atoms with Crippen molar-refractivity contribution >= 4 is 11.9 Å². The average Bonchev–Trinajstić information content (AvgIpc) is 2.53. The predicted molar refractivity (Wildman–Crippen MR) is 97.6 cm³/mol. The minimum absolute atomic E-state index is 0.00382. The Morgan fingerprint density at radius 1 is 1.28 bits per heavy atom. The lowest BCUT2D eigenvalue weighted by Gasteiger charge is -2.37. The molecule has 138 valence electrons. The molecule has 25 heavy (non-hydrogen) atoms. The quantitative estimate of drug-likeness (QED) is 0.910. The number of amides is 1. The Balaban J connectivity index is 1.61. The van der Waals surface area contributed by atoms with Gasteiger partial charge in [-0.15, -0.1) is 0 Å². The Hall–Kier alpha value is -1.69. The fraction of sp³-hybridized carbons (Fsp3) is 0.737. The lowest BCUT2D eigenvalue weighted by Crippen LogP contribution is -2.50. The van der Waals surface area contributed by atoms with Crippen molar-refractivity contribution in [1.82, 2.24) is 15.3 Å². The van der Waals surface area contributed by atoms with Crippen molar-refractivity contribution in [3.05, 3.63) is 17.5 Å². The maximum absolute atomic E-state index is 12.8. The summed E-state index contributed by atoms with van der Waals surface area (Å²) >= 11 is 0. The number of carbonyl (C=O) groups excluding carboxylic acids is 1. The summed E-state index contributed by atoms with van der Waals surface area (Å²) in [6.07, 6.45) is 3.69. The number of nitrogens with one attached hydrogen (secondary N) is 1. The van der Waals surface area contributed by atoms with Gasteiger partial charge in [-0.1, -0.05) is 0 Å². The van der Waals surface area contributed by atoms with Gasteiger partial charge in [-0.2, -0.15) is 0 Å². The van der Waals surface area contributed by atoms with E-state index >= 15 is 0 Å². The van der Waals surface area contributed by atoms with Crippen molar-refractivity contribution < 1.29 is 9.53 Å².